The maximum atomic E-state index is 12.5. The van der Waals surface area contributed by atoms with Gasteiger partial charge in [0.2, 0.25) is 0 Å². The summed E-state index contributed by atoms with van der Waals surface area (Å²) in [5.41, 5.74) is 5.23. The lowest BCUT2D eigenvalue weighted by molar-refractivity contribution is 0.0924. The van der Waals surface area contributed by atoms with Gasteiger partial charge in [0.25, 0.3) is 11.5 Å². The Morgan fingerprint density at radius 1 is 1.29 bits per heavy atom. The van der Waals surface area contributed by atoms with E-state index in [1.807, 2.05) is 0 Å². The summed E-state index contributed by atoms with van der Waals surface area (Å²) in [6.45, 7) is 0.542. The summed E-state index contributed by atoms with van der Waals surface area (Å²) in [7, 11) is 2.94. The second-order valence-corrected chi connectivity index (χ2v) is 6.28. The second kappa shape index (κ2) is 6.20. The van der Waals surface area contributed by atoms with Crippen LogP contribution in [0.15, 0.2) is 21.7 Å². The molecule has 8 heteroatoms. The largest absolute Gasteiger partial charge is 0.348 e. The first-order chi connectivity index (χ1) is 11.4. The predicted octanol–water partition coefficient (Wildman–Crippen LogP) is -0.511. The molecular weight excluding hydrogens is 310 g/mol. The minimum absolute atomic E-state index is 0.0486. The topological polar surface area (TPSA) is 112 Å². The molecule has 0 bridgehead atoms. The molecule has 8 nitrogen and oxygen atoms in total. The summed E-state index contributed by atoms with van der Waals surface area (Å²) in [6, 6.07) is 3.09. The number of pyridine rings is 1. The maximum Gasteiger partial charge on any atom is 0.332 e. The molecule has 1 aliphatic rings. The van der Waals surface area contributed by atoms with Crippen LogP contribution in [0.4, 0.5) is 0 Å². The van der Waals surface area contributed by atoms with Crippen LogP contribution < -0.4 is 22.3 Å². The molecule has 1 fully saturated rings. The van der Waals surface area contributed by atoms with E-state index in [0.29, 0.717) is 11.9 Å². The average Bonchev–Trinajstić information content (AvgIpc) is 3.04. The highest BCUT2D eigenvalue weighted by Gasteiger charge is 2.28. The number of aryl methyl sites for hydroxylation is 1. The third-order valence-electron chi connectivity index (χ3n) is 4.81. The minimum Gasteiger partial charge on any atom is -0.348 e. The normalized spacial score (nSPS) is 20.5. The molecule has 1 saturated carbocycles. The van der Waals surface area contributed by atoms with Crippen LogP contribution in [-0.2, 0) is 14.1 Å². The molecule has 0 radical (unpaired) electrons. The molecule has 0 saturated heterocycles. The molecular formula is C16H21N5O3. The zero-order valence-corrected chi connectivity index (χ0v) is 13.8. The van der Waals surface area contributed by atoms with Crippen LogP contribution in [0.5, 0.6) is 0 Å². The summed E-state index contributed by atoms with van der Waals surface area (Å²) >= 11 is 0. The molecule has 0 spiro atoms. The third kappa shape index (κ3) is 2.62. The van der Waals surface area contributed by atoms with E-state index in [-0.39, 0.29) is 29.2 Å². The molecule has 2 heterocycles. The van der Waals surface area contributed by atoms with Gasteiger partial charge in [0.1, 0.15) is 11.3 Å². The van der Waals surface area contributed by atoms with Gasteiger partial charge >= 0.3 is 5.69 Å². The number of hydrogen-bond acceptors (Lipinski definition) is 5. The van der Waals surface area contributed by atoms with Gasteiger partial charge in [-0.15, -0.1) is 0 Å². The Morgan fingerprint density at radius 3 is 2.75 bits per heavy atom. The lowest BCUT2D eigenvalue weighted by atomic mass is 10.0. The van der Waals surface area contributed by atoms with Crippen LogP contribution in [0.3, 0.4) is 0 Å². The fourth-order valence-electron chi connectivity index (χ4n) is 3.33. The molecule has 3 N–H and O–H groups in total. The number of fused-ring (bicyclic) bond motifs is 1. The first kappa shape index (κ1) is 16.4. The van der Waals surface area contributed by atoms with E-state index in [2.05, 4.69) is 10.3 Å². The second-order valence-electron chi connectivity index (χ2n) is 6.28. The molecule has 1 aliphatic carbocycles. The Balaban J connectivity index is 1.98. The Morgan fingerprint density at radius 2 is 2.04 bits per heavy atom. The van der Waals surface area contributed by atoms with Crippen molar-refractivity contribution in [2.75, 3.05) is 6.54 Å². The Hall–Kier alpha value is -2.48. The van der Waals surface area contributed by atoms with Crippen molar-refractivity contribution in [1.82, 2.24) is 19.4 Å². The summed E-state index contributed by atoms with van der Waals surface area (Å²) in [6.07, 6.45) is 2.96. The van der Waals surface area contributed by atoms with E-state index < -0.39 is 11.2 Å². The highest BCUT2D eigenvalue weighted by Crippen LogP contribution is 2.24. The molecule has 3 rings (SSSR count). The fourth-order valence-corrected chi connectivity index (χ4v) is 3.33. The predicted molar refractivity (Wildman–Crippen MR) is 89.9 cm³/mol. The number of rotatable bonds is 3. The van der Waals surface area contributed by atoms with E-state index in [1.54, 1.807) is 0 Å². The van der Waals surface area contributed by atoms with Gasteiger partial charge < -0.3 is 11.1 Å². The van der Waals surface area contributed by atoms with Gasteiger partial charge in [-0.1, -0.05) is 6.42 Å². The van der Waals surface area contributed by atoms with Gasteiger partial charge in [-0.2, -0.15) is 0 Å². The standard InChI is InChI=1S/C16H21N5O3/c1-20-13-10(15(23)21(2)16(20)24)6-7-12(18-13)14(22)19-11-5-3-4-9(11)8-17/h6-7,9,11H,3-5,8,17H2,1-2H3,(H,19,22). The summed E-state index contributed by atoms with van der Waals surface area (Å²) < 4.78 is 2.29. The molecule has 2 atom stereocenters. The molecule has 2 aromatic rings. The van der Waals surface area contributed by atoms with E-state index >= 15 is 0 Å². The van der Waals surface area contributed by atoms with Gasteiger partial charge in [-0.05, 0) is 37.4 Å². The van der Waals surface area contributed by atoms with Crippen LogP contribution in [0, 0.1) is 5.92 Å². The van der Waals surface area contributed by atoms with Gasteiger partial charge in [-0.25, -0.2) is 9.78 Å². The lowest BCUT2D eigenvalue weighted by Gasteiger charge is -2.19. The SMILES string of the molecule is Cn1c(=O)c2ccc(C(=O)NC3CCCC3CN)nc2n(C)c1=O. The summed E-state index contributed by atoms with van der Waals surface area (Å²) in [4.78, 5) is 40.9. The number of hydrogen-bond donors (Lipinski definition) is 2. The van der Waals surface area contributed by atoms with E-state index in [1.165, 1.54) is 30.8 Å². The van der Waals surface area contributed by atoms with E-state index in [0.717, 1.165) is 23.8 Å². The average molecular weight is 331 g/mol. The van der Waals surface area contributed by atoms with Crippen LogP contribution >= 0.6 is 0 Å². The number of nitrogens with two attached hydrogens (primary N) is 1. The van der Waals surface area contributed by atoms with Crippen molar-refractivity contribution in [3.05, 3.63) is 38.7 Å². The fraction of sp³-hybridized carbons (Fsp3) is 0.500. The zero-order valence-electron chi connectivity index (χ0n) is 13.8. The first-order valence-electron chi connectivity index (χ1n) is 8.01. The number of nitrogens with one attached hydrogen (secondary N) is 1. The maximum absolute atomic E-state index is 12.5. The van der Waals surface area contributed by atoms with Gasteiger partial charge in [0.05, 0.1) is 5.39 Å². The Bertz CT molecular complexity index is 914. The summed E-state index contributed by atoms with van der Waals surface area (Å²) in [5.74, 6) is -0.0265. The number of nitrogens with zero attached hydrogens (tertiary/aromatic N) is 3. The molecule has 0 aromatic carbocycles. The van der Waals surface area contributed by atoms with Crippen LogP contribution in [-0.4, -0.2) is 32.6 Å². The molecule has 24 heavy (non-hydrogen) atoms. The van der Waals surface area contributed by atoms with Crippen LogP contribution in [0.1, 0.15) is 29.8 Å². The zero-order chi connectivity index (χ0) is 17.4. The lowest BCUT2D eigenvalue weighted by Crippen LogP contribution is -2.40. The van der Waals surface area contributed by atoms with Crippen molar-refractivity contribution in [1.29, 1.82) is 0 Å². The highest BCUT2D eigenvalue weighted by atomic mass is 16.2. The van der Waals surface area contributed by atoms with Crippen LogP contribution in [0.25, 0.3) is 11.0 Å². The molecule has 2 aromatic heterocycles. The van der Waals surface area contributed by atoms with Gasteiger partial charge in [0, 0.05) is 20.1 Å². The van der Waals surface area contributed by atoms with Crippen molar-refractivity contribution in [2.24, 2.45) is 25.7 Å². The number of carbonyl (C=O) groups excluding carboxylic acids is 1. The van der Waals surface area contributed by atoms with Gasteiger partial charge in [0.15, 0.2) is 0 Å². The number of carbonyl (C=O) groups is 1. The van der Waals surface area contributed by atoms with Crippen LogP contribution in [0.2, 0.25) is 0 Å². The van der Waals surface area contributed by atoms with E-state index in [9.17, 15) is 14.4 Å². The molecule has 0 aliphatic heterocycles. The highest BCUT2D eigenvalue weighted by molar-refractivity contribution is 5.94. The van der Waals surface area contributed by atoms with Gasteiger partial charge in [-0.3, -0.25) is 18.7 Å². The Kier molecular flexibility index (Phi) is 4.23. The van der Waals surface area contributed by atoms with Crippen molar-refractivity contribution in [3.8, 4) is 0 Å². The molecule has 2 unspecified atom stereocenters. The molecule has 1 amide bonds. The third-order valence-corrected chi connectivity index (χ3v) is 4.81. The van der Waals surface area contributed by atoms with Crippen molar-refractivity contribution >= 4 is 16.9 Å². The van der Waals surface area contributed by atoms with E-state index in [4.69, 9.17) is 5.73 Å². The summed E-state index contributed by atoms with van der Waals surface area (Å²) in [5, 5.41) is 3.27. The van der Waals surface area contributed by atoms with Crippen molar-refractivity contribution < 1.29 is 4.79 Å². The Labute approximate surface area is 138 Å². The van der Waals surface area contributed by atoms with Crippen molar-refractivity contribution in [3.63, 3.8) is 0 Å². The smallest absolute Gasteiger partial charge is 0.332 e. The quantitative estimate of drug-likeness (QED) is 0.787. The monoisotopic (exact) mass is 331 g/mol. The number of amides is 1. The first-order valence-corrected chi connectivity index (χ1v) is 8.01. The van der Waals surface area contributed by atoms with Crippen molar-refractivity contribution in [2.45, 2.75) is 25.3 Å². The minimum atomic E-state index is -0.475. The molecule has 128 valence electrons. The number of aromatic nitrogens is 3.